The van der Waals surface area contributed by atoms with Gasteiger partial charge in [0.25, 0.3) is 0 Å². The summed E-state index contributed by atoms with van der Waals surface area (Å²) in [5.41, 5.74) is 1.40. The fraction of sp³-hybridized carbons (Fsp3) is 0.556. The van der Waals surface area contributed by atoms with E-state index in [1.54, 1.807) is 0 Å². The Morgan fingerprint density at radius 1 is 1.20 bits per heavy atom. The molecular weight excluding hydrogens is 246 g/mol. The number of benzene rings is 1. The van der Waals surface area contributed by atoms with Crippen molar-refractivity contribution < 1.29 is 4.74 Å². The third-order valence-corrected chi connectivity index (χ3v) is 4.27. The summed E-state index contributed by atoms with van der Waals surface area (Å²) >= 11 is 0. The lowest BCUT2D eigenvalue weighted by molar-refractivity contribution is 0.115. The van der Waals surface area contributed by atoms with E-state index < -0.39 is 0 Å². The molecule has 0 aromatic heterocycles. The molecule has 2 heteroatoms. The molecular formula is C18H27NO. The Balaban J connectivity index is 2.00. The van der Waals surface area contributed by atoms with Gasteiger partial charge in [-0.2, -0.15) is 0 Å². The molecule has 110 valence electrons. The summed E-state index contributed by atoms with van der Waals surface area (Å²) in [5.74, 6) is 0.677. The quantitative estimate of drug-likeness (QED) is 0.792. The van der Waals surface area contributed by atoms with Crippen molar-refractivity contribution in [1.82, 2.24) is 5.32 Å². The Bertz CT molecular complexity index is 397. The number of rotatable bonds is 7. The second kappa shape index (κ2) is 8.11. The highest BCUT2D eigenvalue weighted by molar-refractivity contribution is 5.19. The second-order valence-electron chi connectivity index (χ2n) is 5.58. The molecule has 0 saturated heterocycles. The van der Waals surface area contributed by atoms with Crippen LogP contribution < -0.4 is 5.32 Å². The summed E-state index contributed by atoms with van der Waals surface area (Å²) in [6.45, 7) is 5.50. The molecule has 1 aliphatic rings. The van der Waals surface area contributed by atoms with Crippen molar-refractivity contribution in [2.45, 2.75) is 51.7 Å². The first-order valence-electron chi connectivity index (χ1n) is 7.94. The van der Waals surface area contributed by atoms with Crippen molar-refractivity contribution in [3.63, 3.8) is 0 Å². The topological polar surface area (TPSA) is 21.3 Å². The summed E-state index contributed by atoms with van der Waals surface area (Å²) in [5, 5.41) is 3.75. The van der Waals surface area contributed by atoms with Crippen LogP contribution in [0.3, 0.4) is 0 Å². The minimum atomic E-state index is 0.320. The maximum Gasteiger partial charge on any atom is 0.110 e. The van der Waals surface area contributed by atoms with Crippen molar-refractivity contribution in [1.29, 1.82) is 0 Å². The lowest BCUT2D eigenvalue weighted by Gasteiger charge is -2.29. The summed E-state index contributed by atoms with van der Waals surface area (Å²) in [6.07, 6.45) is 8.93. The molecule has 1 aromatic carbocycles. The first-order valence-corrected chi connectivity index (χ1v) is 7.94. The average Bonchev–Trinajstić information content (AvgIpc) is 2.53. The van der Waals surface area contributed by atoms with E-state index in [0.717, 1.165) is 19.4 Å². The van der Waals surface area contributed by atoms with Crippen LogP contribution in [0.5, 0.6) is 0 Å². The summed E-state index contributed by atoms with van der Waals surface area (Å²) in [7, 11) is 0. The minimum absolute atomic E-state index is 0.320. The Morgan fingerprint density at radius 3 is 2.55 bits per heavy atom. The molecule has 1 N–H and O–H groups in total. The van der Waals surface area contributed by atoms with Gasteiger partial charge in [0.1, 0.15) is 6.10 Å². The molecule has 0 bridgehead atoms. The van der Waals surface area contributed by atoms with Gasteiger partial charge in [-0.25, -0.2) is 0 Å². The molecule has 0 radical (unpaired) electrons. The number of hydrogen-bond donors (Lipinski definition) is 1. The fourth-order valence-electron chi connectivity index (χ4n) is 2.97. The van der Waals surface area contributed by atoms with Gasteiger partial charge >= 0.3 is 0 Å². The van der Waals surface area contributed by atoms with Crippen molar-refractivity contribution >= 4 is 0 Å². The van der Waals surface area contributed by atoms with E-state index >= 15 is 0 Å². The van der Waals surface area contributed by atoms with Crippen LogP contribution >= 0.6 is 0 Å². The summed E-state index contributed by atoms with van der Waals surface area (Å²) < 4.78 is 5.67. The first kappa shape index (κ1) is 15.1. The van der Waals surface area contributed by atoms with Gasteiger partial charge in [-0.3, -0.25) is 0 Å². The van der Waals surface area contributed by atoms with Gasteiger partial charge in [0.05, 0.1) is 6.26 Å². The predicted octanol–water partition coefficient (Wildman–Crippen LogP) is 4.45. The Hall–Kier alpha value is -1.28. The predicted molar refractivity (Wildman–Crippen MR) is 84.5 cm³/mol. The number of allylic oxidation sites excluding steroid dienone is 1. The molecule has 1 heterocycles. The van der Waals surface area contributed by atoms with Crippen molar-refractivity contribution in [2.24, 2.45) is 5.92 Å². The molecule has 0 saturated carbocycles. The Morgan fingerprint density at radius 2 is 1.95 bits per heavy atom. The maximum atomic E-state index is 5.67. The summed E-state index contributed by atoms with van der Waals surface area (Å²) in [4.78, 5) is 0. The van der Waals surface area contributed by atoms with Gasteiger partial charge in [-0.15, -0.1) is 0 Å². The molecule has 1 aliphatic heterocycles. The molecule has 0 aliphatic carbocycles. The normalized spacial score (nSPS) is 19.9. The van der Waals surface area contributed by atoms with Crippen molar-refractivity contribution in [3.05, 3.63) is 48.2 Å². The first-order chi connectivity index (χ1) is 9.85. The van der Waals surface area contributed by atoms with Gasteiger partial charge in [-0.1, -0.05) is 57.0 Å². The number of nitrogens with one attached hydrogen (secondary N) is 1. The van der Waals surface area contributed by atoms with Crippen LogP contribution in [0.4, 0.5) is 0 Å². The molecule has 0 amide bonds. The van der Waals surface area contributed by atoms with Crippen LogP contribution in [0.2, 0.25) is 0 Å². The standard InChI is InChI=1S/C18H27NO/c1-3-15(4-2)18(16-10-6-5-7-11-16)19-14-17-12-8-9-13-20-17/h5-7,9-11,13,15,17-19H,3-4,8,12,14H2,1-2H3. The van der Waals surface area contributed by atoms with Gasteiger partial charge in [0.2, 0.25) is 0 Å². The molecule has 2 rings (SSSR count). The van der Waals surface area contributed by atoms with Crippen molar-refractivity contribution in [3.8, 4) is 0 Å². The highest BCUT2D eigenvalue weighted by Gasteiger charge is 2.21. The summed E-state index contributed by atoms with van der Waals surface area (Å²) in [6, 6.07) is 11.2. The van der Waals surface area contributed by atoms with Gasteiger partial charge < -0.3 is 10.1 Å². The number of ether oxygens (including phenoxy) is 1. The van der Waals surface area contributed by atoms with Crippen LogP contribution in [0, 0.1) is 5.92 Å². The molecule has 1 aromatic rings. The Labute approximate surface area is 123 Å². The highest BCUT2D eigenvalue weighted by Crippen LogP contribution is 2.27. The SMILES string of the molecule is CCC(CC)C(NCC1CCC=CO1)c1ccccc1. The van der Waals surface area contributed by atoms with Crippen LogP contribution in [0.25, 0.3) is 0 Å². The monoisotopic (exact) mass is 273 g/mol. The largest absolute Gasteiger partial charge is 0.497 e. The van der Waals surface area contributed by atoms with Gasteiger partial charge in [0, 0.05) is 12.6 Å². The van der Waals surface area contributed by atoms with Crippen LogP contribution in [0.15, 0.2) is 42.7 Å². The zero-order valence-electron chi connectivity index (χ0n) is 12.7. The third-order valence-electron chi connectivity index (χ3n) is 4.27. The highest BCUT2D eigenvalue weighted by atomic mass is 16.5. The fourth-order valence-corrected chi connectivity index (χ4v) is 2.97. The van der Waals surface area contributed by atoms with Crippen LogP contribution in [-0.2, 0) is 4.74 Å². The van der Waals surface area contributed by atoms with Crippen molar-refractivity contribution in [2.75, 3.05) is 6.54 Å². The molecule has 0 fully saturated rings. The zero-order chi connectivity index (χ0) is 14.2. The lowest BCUT2D eigenvalue weighted by Crippen LogP contribution is -2.35. The molecule has 0 spiro atoms. The van der Waals surface area contributed by atoms with E-state index in [1.807, 2.05) is 6.26 Å². The average molecular weight is 273 g/mol. The van der Waals surface area contributed by atoms with Crippen LogP contribution in [-0.4, -0.2) is 12.6 Å². The molecule has 2 unspecified atom stereocenters. The van der Waals surface area contributed by atoms with Gasteiger partial charge in [-0.05, 0) is 30.4 Å². The number of hydrogen-bond acceptors (Lipinski definition) is 2. The van der Waals surface area contributed by atoms with E-state index in [0.29, 0.717) is 18.1 Å². The molecule has 20 heavy (non-hydrogen) atoms. The van der Waals surface area contributed by atoms with E-state index in [1.165, 1.54) is 18.4 Å². The van der Waals surface area contributed by atoms with E-state index in [4.69, 9.17) is 4.74 Å². The van der Waals surface area contributed by atoms with E-state index in [2.05, 4.69) is 55.6 Å². The third kappa shape index (κ3) is 4.11. The smallest absolute Gasteiger partial charge is 0.110 e. The minimum Gasteiger partial charge on any atom is -0.497 e. The maximum absolute atomic E-state index is 5.67. The lowest BCUT2D eigenvalue weighted by atomic mass is 9.88. The van der Waals surface area contributed by atoms with E-state index in [9.17, 15) is 0 Å². The molecule has 2 atom stereocenters. The zero-order valence-corrected chi connectivity index (χ0v) is 12.7. The van der Waals surface area contributed by atoms with Crippen LogP contribution in [0.1, 0.15) is 51.1 Å². The van der Waals surface area contributed by atoms with E-state index in [-0.39, 0.29) is 0 Å². The molecule has 2 nitrogen and oxygen atoms in total. The van der Waals surface area contributed by atoms with Gasteiger partial charge in [0.15, 0.2) is 0 Å². The Kier molecular flexibility index (Phi) is 6.13. The second-order valence-corrected chi connectivity index (χ2v) is 5.58.